The number of hydrogen-bond acceptors (Lipinski definition) is 4. The Morgan fingerprint density at radius 1 is 0.950 bits per heavy atom. The largest absolute Gasteiger partial charge is 0.458 e. The van der Waals surface area contributed by atoms with Crippen molar-refractivity contribution >= 4 is 33.7 Å². The number of hydrogen-bond donors (Lipinski definition) is 3. The van der Waals surface area contributed by atoms with Gasteiger partial charge in [-0.25, -0.2) is 0 Å². The molecule has 0 spiro atoms. The number of aromatic nitrogens is 1. The van der Waals surface area contributed by atoms with E-state index in [1.165, 1.54) is 17.6 Å². The maximum absolute atomic E-state index is 12.5. The minimum atomic E-state index is -4.54. The molecule has 0 aliphatic carbocycles. The van der Waals surface area contributed by atoms with Crippen LogP contribution >= 0.6 is 0 Å². The first-order valence-electron chi connectivity index (χ1n) is 12.7. The van der Waals surface area contributed by atoms with E-state index in [2.05, 4.69) is 45.6 Å². The molecular formula is C33H29F3N4. The zero-order valence-electron chi connectivity index (χ0n) is 22.0. The van der Waals surface area contributed by atoms with Gasteiger partial charge in [-0.1, -0.05) is 36.8 Å². The molecule has 1 aromatic heterocycles. The third kappa shape index (κ3) is 8.27. The minimum absolute atomic E-state index is 0.276. The van der Waals surface area contributed by atoms with Crippen molar-refractivity contribution in [2.24, 2.45) is 0 Å². The van der Waals surface area contributed by atoms with Crippen molar-refractivity contribution in [2.75, 3.05) is 22.5 Å². The molecule has 0 saturated heterocycles. The summed E-state index contributed by atoms with van der Waals surface area (Å²) in [6, 6.07) is 22.8. The van der Waals surface area contributed by atoms with E-state index in [0.29, 0.717) is 10.9 Å². The van der Waals surface area contributed by atoms with Gasteiger partial charge < -0.3 is 16.0 Å². The highest BCUT2D eigenvalue weighted by Gasteiger charge is 2.22. The number of nitrogens with zero attached hydrogens (tertiary/aromatic N) is 1. The number of anilines is 4. The molecule has 40 heavy (non-hydrogen) atoms. The number of benzene rings is 3. The molecule has 0 unspecified atom stereocenters. The van der Waals surface area contributed by atoms with E-state index in [4.69, 9.17) is 0 Å². The molecule has 0 atom stereocenters. The van der Waals surface area contributed by atoms with Gasteiger partial charge in [0.05, 0.1) is 5.52 Å². The highest BCUT2D eigenvalue weighted by molar-refractivity contribution is 5.93. The number of halogens is 3. The molecule has 3 aromatic carbocycles. The van der Waals surface area contributed by atoms with Crippen LogP contribution in [0.3, 0.4) is 0 Å². The summed E-state index contributed by atoms with van der Waals surface area (Å²) < 4.78 is 37.5. The van der Waals surface area contributed by atoms with Crippen molar-refractivity contribution in [1.29, 1.82) is 0 Å². The second kappa shape index (κ2) is 13.2. The van der Waals surface area contributed by atoms with E-state index in [1.807, 2.05) is 61.5 Å². The lowest BCUT2D eigenvalue weighted by atomic mass is 10.1. The number of alkyl halides is 3. The molecule has 0 amide bonds. The van der Waals surface area contributed by atoms with Crippen LogP contribution in [-0.4, -0.2) is 17.7 Å². The van der Waals surface area contributed by atoms with Crippen LogP contribution in [0.5, 0.6) is 0 Å². The SMILES string of the molecule is C=C/C=C(\C=C/C)Nc1ccc(NCCc2ccc(Nc3ccnc4ccc(C#CC(F)(F)F)cc34)cc2)cc1. The summed E-state index contributed by atoms with van der Waals surface area (Å²) in [6.45, 7) is 6.49. The van der Waals surface area contributed by atoms with Gasteiger partial charge in [0.15, 0.2) is 0 Å². The van der Waals surface area contributed by atoms with Gasteiger partial charge in [-0.05, 0) is 91.7 Å². The van der Waals surface area contributed by atoms with Crippen LogP contribution in [0.1, 0.15) is 18.1 Å². The van der Waals surface area contributed by atoms with Crippen molar-refractivity contribution in [3.8, 4) is 11.8 Å². The summed E-state index contributed by atoms with van der Waals surface area (Å²) in [5.74, 6) is 3.50. The van der Waals surface area contributed by atoms with E-state index in [1.54, 1.807) is 30.5 Å². The van der Waals surface area contributed by atoms with Gasteiger partial charge in [0.1, 0.15) is 0 Å². The van der Waals surface area contributed by atoms with Crippen LogP contribution in [0.2, 0.25) is 0 Å². The molecule has 4 rings (SSSR count). The van der Waals surface area contributed by atoms with Crippen molar-refractivity contribution in [1.82, 2.24) is 4.98 Å². The molecule has 202 valence electrons. The summed E-state index contributed by atoms with van der Waals surface area (Å²) in [6.07, 6.45) is 5.59. The van der Waals surface area contributed by atoms with Gasteiger partial charge >= 0.3 is 6.18 Å². The maximum atomic E-state index is 12.5. The number of pyridine rings is 1. The molecule has 3 N–H and O–H groups in total. The van der Waals surface area contributed by atoms with E-state index in [-0.39, 0.29) is 5.56 Å². The Morgan fingerprint density at radius 2 is 1.68 bits per heavy atom. The number of allylic oxidation sites excluding steroid dienone is 4. The Morgan fingerprint density at radius 3 is 2.38 bits per heavy atom. The van der Waals surface area contributed by atoms with Gasteiger partial charge in [0.25, 0.3) is 0 Å². The van der Waals surface area contributed by atoms with Crippen molar-refractivity contribution in [3.63, 3.8) is 0 Å². The summed E-state index contributed by atoms with van der Waals surface area (Å²) in [5.41, 5.74) is 6.71. The van der Waals surface area contributed by atoms with E-state index >= 15 is 0 Å². The quantitative estimate of drug-likeness (QED) is 0.140. The number of rotatable bonds is 10. The standard InChI is InChI=1S/C33H29F3N4/c1-3-5-27(6-4-2)39-28-14-12-26(13-15-28)37-21-18-24-7-10-29(11-8-24)40-32-19-22-38-31-16-9-25(23-30(31)32)17-20-33(34,35)36/h3-16,19,22-23,37,39H,1,18,21H2,2H3,(H,38,40)/b6-4-,27-5+. The fraction of sp³-hybridized carbons (Fsp3) is 0.121. The average Bonchev–Trinajstić information content (AvgIpc) is 2.94. The van der Waals surface area contributed by atoms with Gasteiger partial charge in [0, 0.05) is 58.1 Å². The first kappa shape index (κ1) is 28.1. The topological polar surface area (TPSA) is 49.0 Å². The van der Waals surface area contributed by atoms with E-state index in [9.17, 15) is 13.2 Å². The predicted octanol–water partition coefficient (Wildman–Crippen LogP) is 8.60. The fourth-order valence-electron chi connectivity index (χ4n) is 4.02. The molecule has 0 aliphatic heterocycles. The monoisotopic (exact) mass is 538 g/mol. The molecule has 0 bridgehead atoms. The third-order valence-corrected chi connectivity index (χ3v) is 5.88. The number of nitrogens with one attached hydrogen (secondary N) is 3. The fourth-order valence-corrected chi connectivity index (χ4v) is 4.02. The van der Waals surface area contributed by atoms with Crippen LogP contribution in [0.15, 0.2) is 116 Å². The Labute approximate surface area is 232 Å². The van der Waals surface area contributed by atoms with E-state index < -0.39 is 6.18 Å². The van der Waals surface area contributed by atoms with Crippen LogP contribution in [-0.2, 0) is 6.42 Å². The minimum Gasteiger partial charge on any atom is -0.385 e. The van der Waals surface area contributed by atoms with Crippen LogP contribution in [0, 0.1) is 11.8 Å². The molecule has 0 fully saturated rings. The van der Waals surface area contributed by atoms with Gasteiger partial charge in [-0.2, -0.15) is 13.2 Å². The highest BCUT2D eigenvalue weighted by Crippen LogP contribution is 2.26. The lowest BCUT2D eigenvalue weighted by Gasteiger charge is -2.12. The average molecular weight is 539 g/mol. The number of fused-ring (bicyclic) bond motifs is 1. The third-order valence-electron chi connectivity index (χ3n) is 5.88. The van der Waals surface area contributed by atoms with Crippen molar-refractivity contribution < 1.29 is 13.2 Å². The Hall–Kier alpha value is -4.96. The smallest absolute Gasteiger partial charge is 0.385 e. The maximum Gasteiger partial charge on any atom is 0.458 e. The molecule has 1 heterocycles. The molecule has 4 aromatic rings. The van der Waals surface area contributed by atoms with Crippen LogP contribution in [0.4, 0.5) is 35.9 Å². The first-order valence-corrected chi connectivity index (χ1v) is 12.7. The lowest BCUT2D eigenvalue weighted by Crippen LogP contribution is -2.05. The van der Waals surface area contributed by atoms with Gasteiger partial charge in [-0.3, -0.25) is 4.98 Å². The Bertz CT molecular complexity index is 1570. The van der Waals surface area contributed by atoms with Gasteiger partial charge in [-0.15, -0.1) is 0 Å². The van der Waals surface area contributed by atoms with Crippen molar-refractivity contribution in [2.45, 2.75) is 19.5 Å². The Kier molecular flexibility index (Phi) is 9.27. The highest BCUT2D eigenvalue weighted by atomic mass is 19.4. The molecule has 4 nitrogen and oxygen atoms in total. The summed E-state index contributed by atoms with van der Waals surface area (Å²) in [7, 11) is 0. The zero-order chi connectivity index (χ0) is 28.4. The van der Waals surface area contributed by atoms with Crippen molar-refractivity contribution in [3.05, 3.63) is 127 Å². The Balaban J connectivity index is 1.34. The molecular weight excluding hydrogens is 509 g/mol. The summed E-state index contributed by atoms with van der Waals surface area (Å²) >= 11 is 0. The molecule has 0 radical (unpaired) electrons. The molecule has 0 aliphatic rings. The second-order valence-corrected chi connectivity index (χ2v) is 8.90. The summed E-state index contributed by atoms with van der Waals surface area (Å²) in [4.78, 5) is 4.31. The first-order chi connectivity index (χ1) is 19.3. The van der Waals surface area contributed by atoms with Crippen LogP contribution in [0.25, 0.3) is 10.9 Å². The lowest BCUT2D eigenvalue weighted by molar-refractivity contribution is -0.0696. The van der Waals surface area contributed by atoms with E-state index in [0.717, 1.165) is 41.4 Å². The molecule has 0 saturated carbocycles. The zero-order valence-corrected chi connectivity index (χ0v) is 22.0. The normalized spacial score (nSPS) is 11.7. The predicted molar refractivity (Wildman–Crippen MR) is 160 cm³/mol. The van der Waals surface area contributed by atoms with Gasteiger partial charge in [0.2, 0.25) is 0 Å². The second-order valence-electron chi connectivity index (χ2n) is 8.90. The summed E-state index contributed by atoms with van der Waals surface area (Å²) in [5, 5.41) is 10.8. The molecule has 7 heteroatoms. The van der Waals surface area contributed by atoms with Crippen LogP contribution < -0.4 is 16.0 Å².